The van der Waals surface area contributed by atoms with Gasteiger partial charge in [0.25, 0.3) is 0 Å². The van der Waals surface area contributed by atoms with E-state index in [0.717, 1.165) is 24.4 Å². The van der Waals surface area contributed by atoms with Gasteiger partial charge in [0.1, 0.15) is 5.69 Å². The van der Waals surface area contributed by atoms with Crippen LogP contribution in [0.5, 0.6) is 0 Å². The number of pyridine rings is 1. The molecule has 1 saturated carbocycles. The Balaban J connectivity index is 1.69. The van der Waals surface area contributed by atoms with Crippen molar-refractivity contribution in [3.63, 3.8) is 0 Å². The molecule has 1 aromatic heterocycles. The van der Waals surface area contributed by atoms with Crippen LogP contribution in [0.15, 0.2) is 29.8 Å². The third-order valence-corrected chi connectivity index (χ3v) is 4.19. The quantitative estimate of drug-likeness (QED) is 0.718. The Hall–Kier alpha value is -1.59. The van der Waals surface area contributed by atoms with E-state index >= 15 is 0 Å². The number of rotatable bonds is 0. The monoisotopic (exact) mass is 252 g/mol. The summed E-state index contributed by atoms with van der Waals surface area (Å²) in [5.41, 5.74) is 3.81. The van der Waals surface area contributed by atoms with Gasteiger partial charge < -0.3 is 5.32 Å². The number of allylic oxidation sites excluding steroid dienone is 1. The molecule has 2 heteroatoms. The van der Waals surface area contributed by atoms with Crippen molar-refractivity contribution >= 4 is 0 Å². The van der Waals surface area contributed by atoms with E-state index in [1.54, 1.807) is 0 Å². The van der Waals surface area contributed by atoms with Crippen molar-refractivity contribution in [3.05, 3.63) is 41.2 Å². The molecule has 0 aromatic carbocycles. The number of hydrogen-bond donors (Lipinski definition) is 1. The van der Waals surface area contributed by atoms with Crippen molar-refractivity contribution in [2.45, 2.75) is 44.6 Å². The molecule has 1 aliphatic heterocycles. The standard InChI is InChI=1S/C17H20N2/c1-14-5-2-7-16(19-14)8-3-6-15-9-12-18-17(13-15)10-4-11-17/h2,5-7,18H,4,9-13H2,1H3/b15-6-. The van der Waals surface area contributed by atoms with Crippen LogP contribution in [0, 0.1) is 18.8 Å². The van der Waals surface area contributed by atoms with Crippen LogP contribution in [0.4, 0.5) is 0 Å². The summed E-state index contributed by atoms with van der Waals surface area (Å²) in [6.45, 7) is 3.10. The molecule has 2 aliphatic rings. The minimum absolute atomic E-state index is 0.424. The lowest BCUT2D eigenvalue weighted by Gasteiger charge is -2.46. The van der Waals surface area contributed by atoms with Gasteiger partial charge in [-0.1, -0.05) is 17.6 Å². The van der Waals surface area contributed by atoms with Crippen molar-refractivity contribution in [3.8, 4) is 11.8 Å². The molecule has 0 radical (unpaired) electrons. The first-order valence-corrected chi connectivity index (χ1v) is 7.14. The maximum Gasteiger partial charge on any atom is 0.113 e. The van der Waals surface area contributed by atoms with Crippen molar-refractivity contribution in [2.75, 3.05) is 6.54 Å². The SMILES string of the molecule is Cc1cccc(C#C/C=C2/CCNC3(CCC3)C2)n1. The second-order valence-corrected chi connectivity index (χ2v) is 5.72. The van der Waals surface area contributed by atoms with Gasteiger partial charge in [-0.25, -0.2) is 4.98 Å². The average Bonchev–Trinajstić information content (AvgIpc) is 2.37. The molecule has 0 atom stereocenters. The molecule has 3 rings (SSSR count). The van der Waals surface area contributed by atoms with Gasteiger partial charge in [-0.15, -0.1) is 0 Å². The van der Waals surface area contributed by atoms with Gasteiger partial charge in [-0.3, -0.25) is 0 Å². The number of aromatic nitrogens is 1. The van der Waals surface area contributed by atoms with Gasteiger partial charge in [0, 0.05) is 11.2 Å². The highest BCUT2D eigenvalue weighted by molar-refractivity contribution is 5.34. The highest BCUT2D eigenvalue weighted by Gasteiger charge is 2.38. The van der Waals surface area contributed by atoms with Gasteiger partial charge in [0.05, 0.1) is 0 Å². The molecule has 98 valence electrons. The van der Waals surface area contributed by atoms with Crippen LogP contribution >= 0.6 is 0 Å². The first kappa shape index (κ1) is 12.4. The molecule has 0 bridgehead atoms. The molecule has 2 nitrogen and oxygen atoms in total. The summed E-state index contributed by atoms with van der Waals surface area (Å²) in [5.74, 6) is 6.32. The Morgan fingerprint density at radius 3 is 3.00 bits per heavy atom. The molecule has 0 unspecified atom stereocenters. The van der Waals surface area contributed by atoms with Crippen LogP contribution in [0.25, 0.3) is 0 Å². The van der Waals surface area contributed by atoms with E-state index in [2.05, 4.69) is 28.2 Å². The average molecular weight is 252 g/mol. The molecular weight excluding hydrogens is 232 g/mol. The van der Waals surface area contributed by atoms with Crippen LogP contribution in [0.1, 0.15) is 43.5 Å². The predicted octanol–water partition coefficient (Wildman–Crippen LogP) is 2.97. The minimum atomic E-state index is 0.424. The van der Waals surface area contributed by atoms with E-state index in [0.29, 0.717) is 5.54 Å². The summed E-state index contributed by atoms with van der Waals surface area (Å²) in [5, 5.41) is 3.68. The topological polar surface area (TPSA) is 24.9 Å². The van der Waals surface area contributed by atoms with Crippen molar-refractivity contribution in [1.29, 1.82) is 0 Å². The number of hydrogen-bond acceptors (Lipinski definition) is 2. The first-order valence-electron chi connectivity index (χ1n) is 7.14. The van der Waals surface area contributed by atoms with Gasteiger partial charge in [-0.05, 0) is 69.7 Å². The van der Waals surface area contributed by atoms with Gasteiger partial charge in [0.2, 0.25) is 0 Å². The fourth-order valence-corrected chi connectivity index (χ4v) is 2.98. The zero-order chi connectivity index (χ0) is 13.1. The molecule has 2 heterocycles. The maximum absolute atomic E-state index is 4.40. The van der Waals surface area contributed by atoms with E-state index in [1.165, 1.54) is 31.3 Å². The van der Waals surface area contributed by atoms with E-state index < -0.39 is 0 Å². The molecule has 1 aliphatic carbocycles. The Bertz CT molecular complexity index is 556. The molecule has 2 fully saturated rings. The van der Waals surface area contributed by atoms with E-state index in [-0.39, 0.29) is 0 Å². The summed E-state index contributed by atoms with van der Waals surface area (Å²) < 4.78 is 0. The lowest BCUT2D eigenvalue weighted by molar-refractivity contribution is 0.167. The molecule has 19 heavy (non-hydrogen) atoms. The summed E-state index contributed by atoms with van der Waals surface area (Å²) in [6.07, 6.45) is 8.47. The molecule has 0 amide bonds. The molecule has 1 aromatic rings. The van der Waals surface area contributed by atoms with E-state index in [4.69, 9.17) is 0 Å². The summed E-state index contributed by atoms with van der Waals surface area (Å²) >= 11 is 0. The van der Waals surface area contributed by atoms with E-state index in [9.17, 15) is 0 Å². The minimum Gasteiger partial charge on any atom is -0.311 e. The second kappa shape index (κ2) is 5.19. The third kappa shape index (κ3) is 2.88. The van der Waals surface area contributed by atoms with Crippen LogP contribution in [-0.2, 0) is 0 Å². The fraction of sp³-hybridized carbons (Fsp3) is 0.471. The lowest BCUT2D eigenvalue weighted by atomic mass is 9.70. The lowest BCUT2D eigenvalue weighted by Crippen LogP contribution is -2.53. The fourth-order valence-electron chi connectivity index (χ4n) is 2.98. The van der Waals surface area contributed by atoms with Gasteiger partial charge >= 0.3 is 0 Å². The highest BCUT2D eigenvalue weighted by Crippen LogP contribution is 2.39. The Morgan fingerprint density at radius 1 is 1.37 bits per heavy atom. The zero-order valence-corrected chi connectivity index (χ0v) is 11.5. The van der Waals surface area contributed by atoms with Crippen molar-refractivity contribution < 1.29 is 0 Å². The van der Waals surface area contributed by atoms with Crippen LogP contribution in [0.3, 0.4) is 0 Å². The molecule has 1 N–H and O–H groups in total. The summed E-state index contributed by atoms with van der Waals surface area (Å²) in [7, 11) is 0. The summed E-state index contributed by atoms with van der Waals surface area (Å²) in [4.78, 5) is 4.40. The maximum atomic E-state index is 4.40. The molecule has 1 saturated heterocycles. The van der Waals surface area contributed by atoms with Crippen molar-refractivity contribution in [2.24, 2.45) is 0 Å². The zero-order valence-electron chi connectivity index (χ0n) is 11.5. The smallest absolute Gasteiger partial charge is 0.113 e. The highest BCUT2D eigenvalue weighted by atomic mass is 15.0. The normalized spacial score (nSPS) is 22.7. The van der Waals surface area contributed by atoms with Crippen LogP contribution in [0.2, 0.25) is 0 Å². The van der Waals surface area contributed by atoms with E-state index in [1.807, 2.05) is 25.1 Å². The third-order valence-electron chi connectivity index (χ3n) is 4.19. The Labute approximate surface area is 115 Å². The van der Waals surface area contributed by atoms with Crippen LogP contribution in [-0.4, -0.2) is 17.1 Å². The Kier molecular flexibility index (Phi) is 3.40. The predicted molar refractivity (Wildman–Crippen MR) is 77.8 cm³/mol. The number of aryl methyl sites for hydroxylation is 1. The Morgan fingerprint density at radius 2 is 2.26 bits per heavy atom. The molecule has 1 spiro atoms. The summed E-state index contributed by atoms with van der Waals surface area (Å²) in [6, 6.07) is 5.97. The number of piperidine rings is 1. The second-order valence-electron chi connectivity index (χ2n) is 5.72. The first-order chi connectivity index (χ1) is 9.26. The van der Waals surface area contributed by atoms with Gasteiger partial charge in [0.15, 0.2) is 0 Å². The van der Waals surface area contributed by atoms with Crippen molar-refractivity contribution in [1.82, 2.24) is 10.3 Å². The number of nitrogens with one attached hydrogen (secondary N) is 1. The molecular formula is C17H20N2. The largest absolute Gasteiger partial charge is 0.311 e. The van der Waals surface area contributed by atoms with Gasteiger partial charge in [-0.2, -0.15) is 0 Å². The van der Waals surface area contributed by atoms with Crippen LogP contribution < -0.4 is 5.32 Å². The number of nitrogens with zero attached hydrogens (tertiary/aromatic N) is 1.